The van der Waals surface area contributed by atoms with Crippen molar-refractivity contribution >= 4 is 56.5 Å². The van der Waals surface area contributed by atoms with Gasteiger partial charge in [0, 0.05) is 16.0 Å². The smallest absolute Gasteiger partial charge is 0.250 e. The Kier molecular flexibility index (Phi) is 5.58. The summed E-state index contributed by atoms with van der Waals surface area (Å²) in [5.74, 6) is -0.282. The topological polar surface area (TPSA) is 66.9 Å². The molecule has 8 heteroatoms. The third kappa shape index (κ3) is 4.64. The summed E-state index contributed by atoms with van der Waals surface area (Å²) in [6.45, 7) is 0.687. The van der Waals surface area contributed by atoms with Crippen molar-refractivity contribution in [3.63, 3.8) is 0 Å². The Bertz CT molecular complexity index is 845. The molecule has 0 saturated heterocycles. The summed E-state index contributed by atoms with van der Waals surface area (Å²) in [6.07, 6.45) is 3.08. The number of hydrogen-bond acceptors (Lipinski definition) is 6. The first-order chi connectivity index (χ1) is 11.7. The van der Waals surface area contributed by atoms with Crippen LogP contribution in [0.3, 0.4) is 0 Å². The molecule has 0 fully saturated rings. The molecule has 0 aliphatic heterocycles. The summed E-state index contributed by atoms with van der Waals surface area (Å²) >= 11 is 8.99. The van der Waals surface area contributed by atoms with E-state index in [-0.39, 0.29) is 5.91 Å². The van der Waals surface area contributed by atoms with Crippen molar-refractivity contribution in [3.05, 3.63) is 63.3 Å². The van der Waals surface area contributed by atoms with Gasteiger partial charge in [-0.25, -0.2) is 0 Å². The van der Waals surface area contributed by atoms with E-state index in [4.69, 9.17) is 11.6 Å². The van der Waals surface area contributed by atoms with Crippen molar-refractivity contribution in [2.45, 2.75) is 6.54 Å². The lowest BCUT2D eigenvalue weighted by Gasteiger charge is -1.98. The van der Waals surface area contributed by atoms with Gasteiger partial charge in [-0.15, -0.1) is 21.5 Å². The molecule has 0 atom stereocenters. The van der Waals surface area contributed by atoms with Gasteiger partial charge in [0.2, 0.25) is 16.2 Å². The highest BCUT2D eigenvalue weighted by molar-refractivity contribution is 7.19. The van der Waals surface area contributed by atoms with Crippen LogP contribution in [-0.4, -0.2) is 16.1 Å². The van der Waals surface area contributed by atoms with Crippen LogP contribution in [0.2, 0.25) is 5.02 Å². The molecule has 3 aromatic rings. The number of aromatic nitrogens is 2. The molecule has 0 radical (unpaired) electrons. The van der Waals surface area contributed by atoms with Gasteiger partial charge in [0.05, 0.1) is 6.54 Å². The molecule has 0 unspecified atom stereocenters. The summed E-state index contributed by atoms with van der Waals surface area (Å²) < 4.78 is 0. The summed E-state index contributed by atoms with van der Waals surface area (Å²) in [5, 5.41) is 17.5. The molecule has 3 rings (SSSR count). The molecule has 0 saturated carbocycles. The van der Waals surface area contributed by atoms with E-state index in [1.165, 1.54) is 22.3 Å². The third-order valence-corrected chi connectivity index (χ3v) is 4.99. The molecule has 0 aliphatic carbocycles. The molecule has 5 nitrogen and oxygen atoms in total. The van der Waals surface area contributed by atoms with Crippen molar-refractivity contribution in [1.82, 2.24) is 10.2 Å². The Hall–Kier alpha value is -2.22. The first-order valence-electron chi connectivity index (χ1n) is 7.04. The first-order valence-corrected chi connectivity index (χ1v) is 9.11. The average molecular weight is 377 g/mol. The number of anilines is 2. The largest absolute Gasteiger partial charge is 0.355 e. The summed E-state index contributed by atoms with van der Waals surface area (Å²) in [4.78, 5) is 13.1. The lowest BCUT2D eigenvalue weighted by atomic mass is 10.2. The van der Waals surface area contributed by atoms with Crippen LogP contribution in [-0.2, 0) is 11.3 Å². The van der Waals surface area contributed by atoms with Gasteiger partial charge in [0.15, 0.2) is 0 Å². The quantitative estimate of drug-likeness (QED) is 0.621. The number of thiophene rings is 1. The van der Waals surface area contributed by atoms with Gasteiger partial charge in [0.1, 0.15) is 0 Å². The lowest BCUT2D eigenvalue weighted by molar-refractivity contribution is -0.111. The number of nitrogens with zero attached hydrogens (tertiary/aromatic N) is 2. The fourth-order valence-electron chi connectivity index (χ4n) is 1.84. The van der Waals surface area contributed by atoms with E-state index in [0.29, 0.717) is 21.8 Å². The van der Waals surface area contributed by atoms with Crippen LogP contribution in [0, 0.1) is 0 Å². The van der Waals surface area contributed by atoms with E-state index in [9.17, 15) is 4.79 Å². The molecule has 122 valence electrons. The minimum atomic E-state index is -0.282. The molecular weight excluding hydrogens is 364 g/mol. The van der Waals surface area contributed by atoms with E-state index in [1.54, 1.807) is 23.5 Å². The number of benzene rings is 1. The summed E-state index contributed by atoms with van der Waals surface area (Å²) in [6, 6.07) is 11.4. The van der Waals surface area contributed by atoms with Crippen molar-refractivity contribution in [2.24, 2.45) is 0 Å². The average Bonchev–Trinajstić information content (AvgIpc) is 3.24. The van der Waals surface area contributed by atoms with Crippen LogP contribution >= 0.6 is 34.3 Å². The normalized spacial score (nSPS) is 10.9. The first kappa shape index (κ1) is 16.6. The van der Waals surface area contributed by atoms with Crippen LogP contribution < -0.4 is 10.6 Å². The second-order valence-electron chi connectivity index (χ2n) is 4.69. The molecule has 2 aromatic heterocycles. The van der Waals surface area contributed by atoms with Gasteiger partial charge in [0.25, 0.3) is 0 Å². The highest BCUT2D eigenvalue weighted by Gasteiger charge is 2.06. The predicted octanol–water partition coefficient (Wildman–Crippen LogP) is 4.52. The van der Waals surface area contributed by atoms with Crippen LogP contribution in [0.15, 0.2) is 47.9 Å². The van der Waals surface area contributed by atoms with Crippen LogP contribution in [0.1, 0.15) is 10.4 Å². The molecule has 1 amide bonds. The van der Waals surface area contributed by atoms with Gasteiger partial charge in [-0.2, -0.15) is 0 Å². The SMILES string of the molecule is O=C(C=Cc1ccccc1Cl)Nc1nnc(NCc2cccs2)s1. The number of hydrogen-bond donors (Lipinski definition) is 2. The standard InChI is InChI=1S/C16H13ClN4OS2/c17-13-6-2-1-4-11(13)7-8-14(22)19-16-21-20-15(24-16)18-10-12-5-3-9-23-12/h1-9H,10H2,(H,18,20)(H,19,21,22). The maximum atomic E-state index is 11.9. The number of nitrogens with one attached hydrogen (secondary N) is 2. The molecule has 0 spiro atoms. The predicted molar refractivity (Wildman–Crippen MR) is 101 cm³/mol. The van der Waals surface area contributed by atoms with E-state index >= 15 is 0 Å². The zero-order valence-electron chi connectivity index (χ0n) is 12.4. The molecule has 0 aliphatic rings. The molecular formula is C16H13ClN4OS2. The molecule has 1 aromatic carbocycles. The second kappa shape index (κ2) is 8.05. The van der Waals surface area contributed by atoms with Gasteiger partial charge in [-0.3, -0.25) is 10.1 Å². The highest BCUT2D eigenvalue weighted by Crippen LogP contribution is 2.21. The fraction of sp³-hybridized carbons (Fsp3) is 0.0625. The van der Waals surface area contributed by atoms with E-state index in [1.807, 2.05) is 35.7 Å². The zero-order chi connectivity index (χ0) is 16.8. The number of amides is 1. The van der Waals surface area contributed by atoms with Crippen molar-refractivity contribution in [1.29, 1.82) is 0 Å². The number of halogens is 1. The Balaban J connectivity index is 1.54. The monoisotopic (exact) mass is 376 g/mol. The fourth-order valence-corrected chi connectivity index (χ4v) is 3.33. The molecule has 24 heavy (non-hydrogen) atoms. The van der Waals surface area contributed by atoms with Crippen molar-refractivity contribution in [3.8, 4) is 0 Å². The molecule has 2 N–H and O–H groups in total. The lowest BCUT2D eigenvalue weighted by Crippen LogP contribution is -2.07. The molecule has 2 heterocycles. The number of carbonyl (C=O) groups excluding carboxylic acids is 1. The Morgan fingerprint density at radius 2 is 2.00 bits per heavy atom. The van der Waals surface area contributed by atoms with Gasteiger partial charge < -0.3 is 5.32 Å². The van der Waals surface area contributed by atoms with E-state index in [2.05, 4.69) is 20.8 Å². The molecule has 0 bridgehead atoms. The summed E-state index contributed by atoms with van der Waals surface area (Å²) in [5.41, 5.74) is 0.782. The van der Waals surface area contributed by atoms with E-state index < -0.39 is 0 Å². The number of rotatable bonds is 6. The minimum absolute atomic E-state index is 0.282. The van der Waals surface area contributed by atoms with Gasteiger partial charge >= 0.3 is 0 Å². The second-order valence-corrected chi connectivity index (χ2v) is 7.11. The Morgan fingerprint density at radius 3 is 2.79 bits per heavy atom. The van der Waals surface area contributed by atoms with Gasteiger partial charge in [-0.05, 0) is 29.2 Å². The number of carbonyl (C=O) groups is 1. The Labute approximate surface area is 152 Å². The Morgan fingerprint density at radius 1 is 1.17 bits per heavy atom. The van der Waals surface area contributed by atoms with Crippen molar-refractivity contribution < 1.29 is 4.79 Å². The highest BCUT2D eigenvalue weighted by atomic mass is 35.5. The minimum Gasteiger partial charge on any atom is -0.355 e. The van der Waals surface area contributed by atoms with Crippen LogP contribution in [0.5, 0.6) is 0 Å². The summed E-state index contributed by atoms with van der Waals surface area (Å²) in [7, 11) is 0. The zero-order valence-corrected chi connectivity index (χ0v) is 14.8. The van der Waals surface area contributed by atoms with Crippen LogP contribution in [0.4, 0.5) is 10.3 Å². The maximum absolute atomic E-state index is 11.9. The van der Waals surface area contributed by atoms with Crippen LogP contribution in [0.25, 0.3) is 6.08 Å². The van der Waals surface area contributed by atoms with E-state index in [0.717, 1.165) is 5.56 Å². The van der Waals surface area contributed by atoms with Gasteiger partial charge in [-0.1, -0.05) is 47.2 Å². The maximum Gasteiger partial charge on any atom is 0.250 e. The third-order valence-electron chi connectivity index (χ3n) is 2.97. The van der Waals surface area contributed by atoms with Crippen molar-refractivity contribution in [2.75, 3.05) is 10.6 Å².